The van der Waals surface area contributed by atoms with E-state index in [1.54, 1.807) is 0 Å². The fraction of sp³-hybridized carbons (Fsp3) is 0.937. The van der Waals surface area contributed by atoms with E-state index in [4.69, 9.17) is 37.0 Å². The Bertz CT molecular complexity index is 1650. The molecule has 0 heterocycles. The fourth-order valence-corrected chi connectivity index (χ4v) is 10.8. The van der Waals surface area contributed by atoms with Crippen molar-refractivity contribution in [1.82, 2.24) is 0 Å². The van der Waals surface area contributed by atoms with Crippen LogP contribution in [-0.2, 0) is 65.4 Å². The smallest absolute Gasteiger partial charge is 0.462 e. The first-order valence-corrected chi connectivity index (χ1v) is 35.7. The standard InChI is InChI=1S/C63H122O17P2/c1-9-56(8)42-34-26-20-22-30-38-46-63(68)80-59(50-74-61(66)44-36-28-21-19-25-33-41-55(6)7)52-78-82(71,72)76-48-57(64)47-75-81(69,70)77-51-58(49-73-60(65)43-35-27-18-14-16-24-32-40-54(4)5)79-62(67)45-37-29-17-13-11-10-12-15-23-31-39-53(2)3/h53-59,64H,9-52H2,1-8H3,(H,69,70)(H,71,72)/t56?,57?,58-,59-/m1/s1. The lowest BCUT2D eigenvalue weighted by atomic mass is 10.00. The lowest BCUT2D eigenvalue weighted by molar-refractivity contribution is -0.161. The zero-order valence-electron chi connectivity index (χ0n) is 53.1. The van der Waals surface area contributed by atoms with Gasteiger partial charge in [0.05, 0.1) is 26.4 Å². The molecule has 4 unspecified atom stereocenters. The number of ether oxygens (including phenoxy) is 4. The summed E-state index contributed by atoms with van der Waals surface area (Å²) in [6.45, 7) is 13.9. The Morgan fingerprint density at radius 2 is 0.585 bits per heavy atom. The van der Waals surface area contributed by atoms with Crippen LogP contribution >= 0.6 is 15.6 Å². The Morgan fingerprint density at radius 1 is 0.341 bits per heavy atom. The lowest BCUT2D eigenvalue weighted by Gasteiger charge is -2.21. The zero-order chi connectivity index (χ0) is 61.1. The summed E-state index contributed by atoms with van der Waals surface area (Å²) >= 11 is 0. The molecule has 0 saturated heterocycles. The second-order valence-corrected chi connectivity index (χ2v) is 27.4. The fourth-order valence-electron chi connectivity index (χ4n) is 9.22. The molecule has 0 aromatic heterocycles. The normalized spacial score (nSPS) is 14.8. The van der Waals surface area contributed by atoms with Crippen molar-refractivity contribution in [2.45, 2.75) is 318 Å². The van der Waals surface area contributed by atoms with Crippen LogP contribution in [0.1, 0.15) is 299 Å². The van der Waals surface area contributed by atoms with Gasteiger partial charge >= 0.3 is 39.5 Å². The van der Waals surface area contributed by atoms with Gasteiger partial charge in [0, 0.05) is 25.7 Å². The molecule has 0 aromatic carbocycles. The van der Waals surface area contributed by atoms with E-state index in [-0.39, 0.29) is 25.7 Å². The number of hydrogen-bond donors (Lipinski definition) is 3. The Hall–Kier alpha value is -1.94. The molecule has 486 valence electrons. The highest BCUT2D eigenvalue weighted by atomic mass is 31.2. The van der Waals surface area contributed by atoms with Crippen LogP contribution in [0.15, 0.2) is 0 Å². The van der Waals surface area contributed by atoms with Crippen LogP contribution in [0.3, 0.4) is 0 Å². The van der Waals surface area contributed by atoms with Crippen LogP contribution in [-0.4, -0.2) is 96.7 Å². The van der Waals surface area contributed by atoms with Crippen molar-refractivity contribution in [2.24, 2.45) is 23.7 Å². The number of unbranched alkanes of at least 4 members (excludes halogenated alkanes) is 25. The second-order valence-electron chi connectivity index (χ2n) is 24.5. The summed E-state index contributed by atoms with van der Waals surface area (Å²) < 4.78 is 67.9. The van der Waals surface area contributed by atoms with E-state index in [1.807, 2.05) is 0 Å². The molecule has 82 heavy (non-hydrogen) atoms. The summed E-state index contributed by atoms with van der Waals surface area (Å²) in [4.78, 5) is 72.1. The lowest BCUT2D eigenvalue weighted by Crippen LogP contribution is -2.30. The summed E-state index contributed by atoms with van der Waals surface area (Å²) in [5, 5.41) is 10.5. The summed E-state index contributed by atoms with van der Waals surface area (Å²) in [5.74, 6) is 0.712. The highest BCUT2D eigenvalue weighted by Gasteiger charge is 2.30. The highest BCUT2D eigenvalue weighted by molar-refractivity contribution is 7.47. The van der Waals surface area contributed by atoms with Gasteiger partial charge in [-0.25, -0.2) is 9.13 Å². The molecule has 0 saturated carbocycles. The summed E-state index contributed by atoms with van der Waals surface area (Å²) in [6.07, 6.45) is 32.4. The molecule has 17 nitrogen and oxygen atoms in total. The molecule has 0 fully saturated rings. The Balaban J connectivity index is 5.25. The number of aliphatic hydroxyl groups excluding tert-OH is 1. The van der Waals surface area contributed by atoms with Gasteiger partial charge in [-0.2, -0.15) is 0 Å². The molecular formula is C63H122O17P2. The van der Waals surface area contributed by atoms with Gasteiger partial charge in [0.2, 0.25) is 0 Å². The molecule has 0 radical (unpaired) electrons. The first kappa shape index (κ1) is 80.1. The van der Waals surface area contributed by atoms with Crippen LogP contribution in [0.25, 0.3) is 0 Å². The maximum Gasteiger partial charge on any atom is 0.472 e. The molecule has 6 atom stereocenters. The Morgan fingerprint density at radius 3 is 0.866 bits per heavy atom. The Kier molecular flexibility index (Phi) is 52.0. The third kappa shape index (κ3) is 55.9. The van der Waals surface area contributed by atoms with E-state index in [0.29, 0.717) is 37.5 Å². The average molecular weight is 1210 g/mol. The molecule has 0 bridgehead atoms. The maximum absolute atomic E-state index is 13.0. The molecule has 19 heteroatoms. The molecule has 0 amide bonds. The van der Waals surface area contributed by atoms with E-state index in [1.165, 1.54) is 89.9 Å². The van der Waals surface area contributed by atoms with Crippen LogP contribution in [0.4, 0.5) is 0 Å². The molecule has 0 aliphatic heterocycles. The van der Waals surface area contributed by atoms with Gasteiger partial charge in [-0.05, 0) is 49.4 Å². The first-order chi connectivity index (χ1) is 39.1. The van der Waals surface area contributed by atoms with Gasteiger partial charge in [0.25, 0.3) is 0 Å². The third-order valence-corrected chi connectivity index (χ3v) is 16.6. The topological polar surface area (TPSA) is 237 Å². The van der Waals surface area contributed by atoms with Crippen molar-refractivity contribution in [3.8, 4) is 0 Å². The minimum absolute atomic E-state index is 0.101. The number of carbonyl (C=O) groups is 4. The van der Waals surface area contributed by atoms with E-state index in [0.717, 1.165) is 115 Å². The van der Waals surface area contributed by atoms with Crippen molar-refractivity contribution >= 4 is 39.5 Å². The highest BCUT2D eigenvalue weighted by Crippen LogP contribution is 2.45. The number of hydrogen-bond acceptors (Lipinski definition) is 15. The van der Waals surface area contributed by atoms with Gasteiger partial charge in [-0.15, -0.1) is 0 Å². The van der Waals surface area contributed by atoms with Crippen molar-refractivity contribution in [3.63, 3.8) is 0 Å². The van der Waals surface area contributed by atoms with Crippen LogP contribution in [0, 0.1) is 23.7 Å². The molecule has 0 spiro atoms. The SMILES string of the molecule is CCC(C)CCCCCCCCC(=O)O[C@H](COC(=O)CCCCCCCCC(C)C)COP(=O)(O)OCC(O)COP(=O)(O)OC[C@@H](COC(=O)CCCCCCCCCC(C)C)OC(=O)CCCCCCCCCCCCC(C)C. The summed E-state index contributed by atoms with van der Waals surface area (Å²) in [6, 6.07) is 0. The van der Waals surface area contributed by atoms with E-state index >= 15 is 0 Å². The minimum atomic E-state index is -4.94. The predicted octanol–water partition coefficient (Wildman–Crippen LogP) is 17.0. The van der Waals surface area contributed by atoms with Crippen molar-refractivity contribution in [3.05, 3.63) is 0 Å². The molecule has 0 aromatic rings. The van der Waals surface area contributed by atoms with Gasteiger partial charge in [-0.3, -0.25) is 37.3 Å². The van der Waals surface area contributed by atoms with Crippen molar-refractivity contribution in [2.75, 3.05) is 39.6 Å². The molecule has 0 aliphatic carbocycles. The van der Waals surface area contributed by atoms with E-state index in [9.17, 15) is 43.2 Å². The number of esters is 4. The summed E-state index contributed by atoms with van der Waals surface area (Å²) in [5.41, 5.74) is 0. The number of phosphoric ester groups is 2. The van der Waals surface area contributed by atoms with Crippen LogP contribution in [0.5, 0.6) is 0 Å². The predicted molar refractivity (Wildman–Crippen MR) is 326 cm³/mol. The molecule has 3 N–H and O–H groups in total. The average Bonchev–Trinajstić information content (AvgIpc) is 3.42. The maximum atomic E-state index is 13.0. The molecule has 0 rings (SSSR count). The first-order valence-electron chi connectivity index (χ1n) is 32.7. The van der Waals surface area contributed by atoms with Gasteiger partial charge in [0.1, 0.15) is 19.3 Å². The van der Waals surface area contributed by atoms with Gasteiger partial charge in [0.15, 0.2) is 12.2 Å². The number of rotatable bonds is 60. The molecule has 0 aliphatic rings. The monoisotopic (exact) mass is 1210 g/mol. The molecular weight excluding hydrogens is 1090 g/mol. The second kappa shape index (κ2) is 53.3. The summed E-state index contributed by atoms with van der Waals surface area (Å²) in [7, 11) is -9.89. The van der Waals surface area contributed by atoms with E-state index < -0.39 is 97.5 Å². The van der Waals surface area contributed by atoms with Crippen LogP contribution < -0.4 is 0 Å². The quantitative estimate of drug-likeness (QED) is 0.0222. The third-order valence-electron chi connectivity index (χ3n) is 14.7. The van der Waals surface area contributed by atoms with Gasteiger partial charge in [-0.1, -0.05) is 248 Å². The number of phosphoric acid groups is 2. The van der Waals surface area contributed by atoms with E-state index in [2.05, 4.69) is 55.4 Å². The number of aliphatic hydroxyl groups is 1. The zero-order valence-corrected chi connectivity index (χ0v) is 54.9. The van der Waals surface area contributed by atoms with Crippen molar-refractivity contribution < 1.29 is 80.2 Å². The minimum Gasteiger partial charge on any atom is -0.462 e. The van der Waals surface area contributed by atoms with Crippen LogP contribution in [0.2, 0.25) is 0 Å². The number of carbonyl (C=O) groups excluding carboxylic acids is 4. The van der Waals surface area contributed by atoms with Gasteiger partial charge < -0.3 is 33.8 Å². The Labute approximate surface area is 498 Å². The largest absolute Gasteiger partial charge is 0.472 e. The van der Waals surface area contributed by atoms with Crippen molar-refractivity contribution in [1.29, 1.82) is 0 Å².